The lowest BCUT2D eigenvalue weighted by atomic mass is 10.1. The Hall–Kier alpha value is -1.58. The third-order valence-corrected chi connectivity index (χ3v) is 3.85. The number of hydrogen-bond donors (Lipinski definition) is 0. The first-order valence-electron chi connectivity index (χ1n) is 6.29. The van der Waals surface area contributed by atoms with Crippen LogP contribution in [0.3, 0.4) is 0 Å². The van der Waals surface area contributed by atoms with Crippen LogP contribution in [-0.2, 0) is 12.4 Å². The van der Waals surface area contributed by atoms with Crippen molar-refractivity contribution in [1.29, 1.82) is 0 Å². The summed E-state index contributed by atoms with van der Waals surface area (Å²) >= 11 is 12.1. The molecule has 20 heavy (non-hydrogen) atoms. The third kappa shape index (κ3) is 2.39. The Balaban J connectivity index is 2.14. The molecule has 3 aromatic rings. The number of aromatic nitrogens is 3. The second-order valence-electron chi connectivity index (χ2n) is 4.68. The zero-order valence-corrected chi connectivity index (χ0v) is 12.5. The Labute approximate surface area is 127 Å². The minimum atomic E-state index is 0.371. The van der Waals surface area contributed by atoms with Gasteiger partial charge in [-0.1, -0.05) is 11.6 Å². The maximum absolute atomic E-state index is 6.09. The summed E-state index contributed by atoms with van der Waals surface area (Å²) in [4.78, 5) is 8.68. The number of hydrogen-bond acceptors (Lipinski definition) is 2. The molecular formula is C15H13Cl2N3. The van der Waals surface area contributed by atoms with Gasteiger partial charge in [-0.25, -0.2) is 4.98 Å². The van der Waals surface area contributed by atoms with Crippen molar-refractivity contribution in [2.24, 2.45) is 0 Å². The number of pyridine rings is 1. The van der Waals surface area contributed by atoms with Crippen LogP contribution in [0.15, 0.2) is 36.7 Å². The van der Waals surface area contributed by atoms with Crippen LogP contribution in [0, 0.1) is 6.92 Å². The highest BCUT2D eigenvalue weighted by Gasteiger charge is 2.11. The van der Waals surface area contributed by atoms with Crippen molar-refractivity contribution in [2.45, 2.75) is 19.3 Å². The summed E-state index contributed by atoms with van der Waals surface area (Å²) < 4.78 is 2.11. The van der Waals surface area contributed by atoms with Gasteiger partial charge in [0.1, 0.15) is 5.82 Å². The van der Waals surface area contributed by atoms with Crippen molar-refractivity contribution in [2.75, 3.05) is 0 Å². The van der Waals surface area contributed by atoms with Crippen molar-refractivity contribution in [1.82, 2.24) is 14.5 Å². The molecule has 3 rings (SSSR count). The average molecular weight is 306 g/mol. The lowest BCUT2D eigenvalue weighted by Gasteiger charge is -2.10. The Morgan fingerprint density at radius 3 is 2.85 bits per heavy atom. The van der Waals surface area contributed by atoms with Gasteiger partial charge < -0.3 is 4.57 Å². The maximum Gasteiger partial charge on any atom is 0.125 e. The molecule has 2 aromatic heterocycles. The number of benzene rings is 1. The highest BCUT2D eigenvalue weighted by molar-refractivity contribution is 6.31. The van der Waals surface area contributed by atoms with Crippen LogP contribution in [0.4, 0.5) is 0 Å². The lowest BCUT2D eigenvalue weighted by molar-refractivity contribution is 0.772. The summed E-state index contributed by atoms with van der Waals surface area (Å²) in [6.07, 6.45) is 3.66. The third-order valence-electron chi connectivity index (χ3n) is 3.37. The number of halogens is 2. The molecule has 0 aliphatic rings. The standard InChI is InChI=1S/C15H13Cl2N3/c1-10-8-18-5-4-11(10)9-20-14-6-12(17)2-3-13(14)19-15(20)7-16/h2-6,8H,7,9H2,1H3. The van der Waals surface area contributed by atoms with Crippen LogP contribution in [0.1, 0.15) is 17.0 Å². The van der Waals surface area contributed by atoms with E-state index in [4.69, 9.17) is 23.2 Å². The fraction of sp³-hybridized carbons (Fsp3) is 0.200. The van der Waals surface area contributed by atoms with E-state index in [0.29, 0.717) is 17.4 Å². The Bertz CT molecular complexity index is 765. The van der Waals surface area contributed by atoms with Gasteiger partial charge in [0.15, 0.2) is 0 Å². The molecule has 0 radical (unpaired) electrons. The molecule has 0 amide bonds. The highest BCUT2D eigenvalue weighted by Crippen LogP contribution is 2.23. The molecule has 3 nitrogen and oxygen atoms in total. The molecule has 0 saturated heterocycles. The zero-order chi connectivity index (χ0) is 14.1. The molecule has 0 aliphatic carbocycles. The number of nitrogens with zero attached hydrogens (tertiary/aromatic N) is 3. The van der Waals surface area contributed by atoms with Crippen molar-refractivity contribution >= 4 is 34.2 Å². The largest absolute Gasteiger partial charge is 0.322 e. The van der Waals surface area contributed by atoms with Gasteiger partial charge in [0, 0.05) is 24.0 Å². The predicted octanol–water partition coefficient (Wildman–Crippen LogP) is 4.18. The van der Waals surface area contributed by atoms with Crippen LogP contribution in [0.5, 0.6) is 0 Å². The van der Waals surface area contributed by atoms with Gasteiger partial charge >= 0.3 is 0 Å². The van der Waals surface area contributed by atoms with Crippen molar-refractivity contribution in [3.05, 3.63) is 58.6 Å². The molecule has 0 fully saturated rings. The topological polar surface area (TPSA) is 30.7 Å². The van der Waals surface area contributed by atoms with E-state index in [0.717, 1.165) is 22.4 Å². The van der Waals surface area contributed by atoms with E-state index >= 15 is 0 Å². The van der Waals surface area contributed by atoms with Crippen LogP contribution in [0.25, 0.3) is 11.0 Å². The molecule has 2 heterocycles. The quantitative estimate of drug-likeness (QED) is 0.680. The van der Waals surface area contributed by atoms with E-state index in [1.54, 1.807) is 6.20 Å². The fourth-order valence-corrected chi connectivity index (χ4v) is 2.64. The normalized spacial score (nSPS) is 11.2. The summed E-state index contributed by atoms with van der Waals surface area (Å²) in [5, 5.41) is 0.700. The summed E-state index contributed by atoms with van der Waals surface area (Å²) in [5.41, 5.74) is 4.27. The molecule has 102 valence electrons. The summed E-state index contributed by atoms with van der Waals surface area (Å²) in [7, 11) is 0. The average Bonchev–Trinajstić information content (AvgIpc) is 2.79. The Morgan fingerprint density at radius 2 is 2.10 bits per heavy atom. The molecule has 0 unspecified atom stereocenters. The van der Waals surface area contributed by atoms with Crippen LogP contribution >= 0.6 is 23.2 Å². The molecule has 0 aliphatic heterocycles. The number of imidazole rings is 1. The smallest absolute Gasteiger partial charge is 0.125 e. The first kappa shape index (κ1) is 13.4. The molecule has 5 heteroatoms. The van der Waals surface area contributed by atoms with Gasteiger partial charge in [0.25, 0.3) is 0 Å². The maximum atomic E-state index is 6.09. The van der Waals surface area contributed by atoms with Crippen molar-refractivity contribution < 1.29 is 0 Å². The molecule has 0 atom stereocenters. The molecule has 0 bridgehead atoms. The molecule has 0 saturated carbocycles. The van der Waals surface area contributed by atoms with Crippen molar-refractivity contribution in [3.8, 4) is 0 Å². The van der Waals surface area contributed by atoms with Gasteiger partial charge in [-0.15, -0.1) is 11.6 Å². The van der Waals surface area contributed by atoms with Gasteiger partial charge in [-0.3, -0.25) is 4.98 Å². The monoisotopic (exact) mass is 305 g/mol. The van der Waals surface area contributed by atoms with E-state index < -0.39 is 0 Å². The second-order valence-corrected chi connectivity index (χ2v) is 5.39. The van der Waals surface area contributed by atoms with E-state index in [2.05, 4.69) is 21.5 Å². The predicted molar refractivity (Wildman–Crippen MR) is 82.4 cm³/mol. The zero-order valence-electron chi connectivity index (χ0n) is 11.0. The number of alkyl halides is 1. The molecular weight excluding hydrogens is 293 g/mol. The van der Waals surface area contributed by atoms with Gasteiger partial charge in [0.05, 0.1) is 16.9 Å². The van der Waals surface area contributed by atoms with Gasteiger partial charge in [0.2, 0.25) is 0 Å². The highest BCUT2D eigenvalue weighted by atomic mass is 35.5. The van der Waals surface area contributed by atoms with Gasteiger partial charge in [-0.2, -0.15) is 0 Å². The summed E-state index contributed by atoms with van der Waals surface area (Å²) in [5.74, 6) is 1.22. The second kappa shape index (κ2) is 5.43. The van der Waals surface area contributed by atoms with Crippen molar-refractivity contribution in [3.63, 3.8) is 0 Å². The molecule has 1 aromatic carbocycles. The summed E-state index contributed by atoms with van der Waals surface area (Å²) in [6, 6.07) is 7.71. The van der Waals surface area contributed by atoms with Crippen LogP contribution < -0.4 is 0 Å². The first-order chi connectivity index (χ1) is 9.69. The summed E-state index contributed by atoms with van der Waals surface area (Å²) in [6.45, 7) is 2.77. The molecule has 0 N–H and O–H groups in total. The number of rotatable bonds is 3. The fourth-order valence-electron chi connectivity index (χ4n) is 2.27. The van der Waals surface area contributed by atoms with E-state index in [1.807, 2.05) is 30.5 Å². The lowest BCUT2D eigenvalue weighted by Crippen LogP contribution is -2.05. The molecule has 0 spiro atoms. The number of fused-ring (bicyclic) bond motifs is 1. The van der Waals surface area contributed by atoms with Crippen LogP contribution in [-0.4, -0.2) is 14.5 Å². The van der Waals surface area contributed by atoms with E-state index in [1.165, 1.54) is 5.56 Å². The Morgan fingerprint density at radius 1 is 1.25 bits per heavy atom. The van der Waals surface area contributed by atoms with Crippen LogP contribution in [0.2, 0.25) is 5.02 Å². The van der Waals surface area contributed by atoms with E-state index in [9.17, 15) is 0 Å². The van der Waals surface area contributed by atoms with E-state index in [-0.39, 0.29) is 0 Å². The SMILES string of the molecule is Cc1cnccc1Cn1c(CCl)nc2ccc(Cl)cc21. The Kier molecular flexibility index (Phi) is 3.64. The minimum absolute atomic E-state index is 0.371. The van der Waals surface area contributed by atoms with Gasteiger partial charge in [-0.05, 0) is 42.3 Å². The minimum Gasteiger partial charge on any atom is -0.322 e. The first-order valence-corrected chi connectivity index (χ1v) is 7.20. The number of aryl methyl sites for hydroxylation is 1.